The van der Waals surface area contributed by atoms with Gasteiger partial charge in [0.1, 0.15) is 0 Å². The predicted molar refractivity (Wildman–Crippen MR) is 139 cm³/mol. The van der Waals surface area contributed by atoms with Gasteiger partial charge in [-0.15, -0.1) is 21.5 Å². The Labute approximate surface area is 207 Å². The van der Waals surface area contributed by atoms with Crippen molar-refractivity contribution < 1.29 is 4.79 Å². The van der Waals surface area contributed by atoms with Crippen molar-refractivity contribution in [1.82, 2.24) is 19.3 Å². The molecule has 3 aromatic heterocycles. The van der Waals surface area contributed by atoms with Crippen molar-refractivity contribution in [3.63, 3.8) is 0 Å². The van der Waals surface area contributed by atoms with Crippen LogP contribution < -0.4 is 0 Å². The van der Waals surface area contributed by atoms with Crippen molar-refractivity contribution in [2.75, 3.05) is 5.75 Å². The van der Waals surface area contributed by atoms with Crippen LogP contribution in [-0.2, 0) is 6.54 Å². The first-order valence-corrected chi connectivity index (χ1v) is 12.9. The highest BCUT2D eigenvalue weighted by molar-refractivity contribution is 7.99. The van der Waals surface area contributed by atoms with E-state index in [0.29, 0.717) is 12.3 Å². The molecule has 0 radical (unpaired) electrons. The Morgan fingerprint density at radius 1 is 0.941 bits per heavy atom. The molecule has 5 aromatic rings. The molecule has 0 bridgehead atoms. The summed E-state index contributed by atoms with van der Waals surface area (Å²) < 4.78 is 4.23. The Kier molecular flexibility index (Phi) is 6.47. The highest BCUT2D eigenvalue weighted by Gasteiger charge is 2.20. The van der Waals surface area contributed by atoms with Gasteiger partial charge >= 0.3 is 0 Å². The number of para-hydroxylation sites is 1. The number of carbonyl (C=O) groups excluding carboxylic acids is 1. The third-order valence-corrected chi connectivity index (χ3v) is 7.55. The summed E-state index contributed by atoms with van der Waals surface area (Å²) in [4.78, 5) is 14.3. The summed E-state index contributed by atoms with van der Waals surface area (Å²) in [5, 5.41) is 11.7. The Morgan fingerprint density at radius 2 is 1.68 bits per heavy atom. The van der Waals surface area contributed by atoms with Crippen LogP contribution in [0.5, 0.6) is 0 Å². The topological polar surface area (TPSA) is 52.7 Å². The second-order valence-corrected chi connectivity index (χ2v) is 9.91. The van der Waals surface area contributed by atoms with Crippen molar-refractivity contribution in [3.8, 4) is 16.4 Å². The molecule has 0 saturated heterocycles. The van der Waals surface area contributed by atoms with Crippen molar-refractivity contribution in [1.29, 1.82) is 0 Å². The van der Waals surface area contributed by atoms with Crippen LogP contribution in [0.1, 0.15) is 27.3 Å². The highest BCUT2D eigenvalue weighted by Crippen LogP contribution is 2.29. The van der Waals surface area contributed by atoms with E-state index >= 15 is 0 Å². The Hall–Kier alpha value is -3.42. The molecule has 0 spiro atoms. The van der Waals surface area contributed by atoms with Crippen LogP contribution in [0.2, 0.25) is 0 Å². The van der Waals surface area contributed by atoms with Crippen LogP contribution in [0.15, 0.2) is 89.4 Å². The lowest BCUT2D eigenvalue weighted by molar-refractivity contribution is 0.102. The standard InChI is InChI=1S/C27H24N4OS2/c1-19-16-23(20(2)31(19)22-12-7-4-8-13-22)24(32)18-34-27-29-28-26(25-14-9-15-33-25)30(27)17-21-10-5-3-6-11-21/h3-16H,17-18H2,1-2H3. The number of Topliss-reactive ketones (excluding diaryl/α,β-unsaturated/α-hetero) is 1. The second kappa shape index (κ2) is 9.83. The minimum atomic E-state index is 0.0900. The quantitative estimate of drug-likeness (QED) is 0.188. The molecule has 2 aromatic carbocycles. The summed E-state index contributed by atoms with van der Waals surface area (Å²) in [5.74, 6) is 1.22. The van der Waals surface area contributed by atoms with Gasteiger partial charge in [0.15, 0.2) is 16.8 Å². The number of rotatable bonds is 8. The van der Waals surface area contributed by atoms with Gasteiger partial charge in [-0.2, -0.15) is 0 Å². The van der Waals surface area contributed by atoms with E-state index in [4.69, 9.17) is 0 Å². The number of hydrogen-bond donors (Lipinski definition) is 0. The Balaban J connectivity index is 1.40. The van der Waals surface area contributed by atoms with E-state index in [1.807, 2.05) is 73.8 Å². The normalized spacial score (nSPS) is 11.1. The smallest absolute Gasteiger partial charge is 0.192 e. The van der Waals surface area contributed by atoms with E-state index in [2.05, 4.69) is 43.6 Å². The summed E-state index contributed by atoms with van der Waals surface area (Å²) >= 11 is 3.08. The second-order valence-electron chi connectivity index (χ2n) is 8.02. The molecule has 34 heavy (non-hydrogen) atoms. The zero-order chi connectivity index (χ0) is 23.5. The molecule has 0 aliphatic carbocycles. The number of carbonyl (C=O) groups is 1. The van der Waals surface area contributed by atoms with Crippen LogP contribution in [0.25, 0.3) is 16.4 Å². The number of thioether (sulfide) groups is 1. The lowest BCUT2D eigenvalue weighted by atomic mass is 10.2. The summed E-state index contributed by atoms with van der Waals surface area (Å²) in [7, 11) is 0. The first-order valence-electron chi connectivity index (χ1n) is 11.0. The van der Waals surface area contributed by atoms with E-state index in [9.17, 15) is 4.79 Å². The molecule has 0 saturated carbocycles. The fourth-order valence-electron chi connectivity index (χ4n) is 4.12. The van der Waals surface area contributed by atoms with Gasteiger partial charge in [-0.05, 0) is 49.1 Å². The molecule has 0 amide bonds. The molecular weight excluding hydrogens is 460 g/mol. The molecule has 0 aliphatic heterocycles. The maximum absolute atomic E-state index is 13.3. The van der Waals surface area contributed by atoms with E-state index in [1.165, 1.54) is 17.3 Å². The van der Waals surface area contributed by atoms with E-state index in [-0.39, 0.29) is 5.78 Å². The molecule has 0 atom stereocenters. The van der Waals surface area contributed by atoms with E-state index < -0.39 is 0 Å². The SMILES string of the molecule is Cc1cc(C(=O)CSc2nnc(-c3cccs3)n2Cc2ccccc2)c(C)n1-c1ccccc1. The molecule has 0 fully saturated rings. The van der Waals surface area contributed by atoms with Crippen molar-refractivity contribution in [2.24, 2.45) is 0 Å². The van der Waals surface area contributed by atoms with Crippen LogP contribution >= 0.6 is 23.1 Å². The average molecular weight is 485 g/mol. The third-order valence-electron chi connectivity index (χ3n) is 5.72. The Morgan fingerprint density at radius 3 is 2.38 bits per heavy atom. The van der Waals surface area contributed by atoms with Crippen LogP contribution in [0.4, 0.5) is 0 Å². The zero-order valence-corrected chi connectivity index (χ0v) is 20.6. The van der Waals surface area contributed by atoms with Gasteiger partial charge in [-0.25, -0.2) is 0 Å². The summed E-state index contributed by atoms with van der Waals surface area (Å²) in [5.41, 5.74) is 4.98. The zero-order valence-electron chi connectivity index (χ0n) is 19.0. The molecule has 0 unspecified atom stereocenters. The van der Waals surface area contributed by atoms with E-state index in [0.717, 1.165) is 38.5 Å². The number of aryl methyl sites for hydroxylation is 1. The molecule has 5 nitrogen and oxygen atoms in total. The molecule has 3 heterocycles. The third kappa shape index (κ3) is 4.49. The molecule has 5 rings (SSSR count). The lowest BCUT2D eigenvalue weighted by Crippen LogP contribution is -2.08. The molecule has 170 valence electrons. The number of hydrogen-bond acceptors (Lipinski definition) is 5. The van der Waals surface area contributed by atoms with Crippen LogP contribution in [0.3, 0.4) is 0 Å². The monoisotopic (exact) mass is 484 g/mol. The molecule has 7 heteroatoms. The first kappa shape index (κ1) is 22.4. The van der Waals surface area contributed by atoms with Gasteiger partial charge in [0.25, 0.3) is 0 Å². The Bertz CT molecular complexity index is 1400. The summed E-state index contributed by atoms with van der Waals surface area (Å²) in [6.45, 7) is 4.69. The number of aromatic nitrogens is 4. The number of benzene rings is 2. The van der Waals surface area contributed by atoms with Crippen molar-refractivity contribution in [3.05, 3.63) is 107 Å². The maximum Gasteiger partial charge on any atom is 0.192 e. The predicted octanol–water partition coefficient (Wildman–Crippen LogP) is 6.44. The minimum absolute atomic E-state index is 0.0900. The highest BCUT2D eigenvalue weighted by atomic mass is 32.2. The average Bonchev–Trinajstić information content (AvgIpc) is 3.58. The minimum Gasteiger partial charge on any atom is -0.318 e. The fourth-order valence-corrected chi connectivity index (χ4v) is 5.66. The van der Waals surface area contributed by atoms with Crippen molar-refractivity contribution >= 4 is 28.9 Å². The van der Waals surface area contributed by atoms with E-state index in [1.54, 1.807) is 11.3 Å². The number of ketones is 1. The van der Waals surface area contributed by atoms with Gasteiger partial charge in [-0.1, -0.05) is 66.4 Å². The number of thiophene rings is 1. The molecule has 0 N–H and O–H groups in total. The van der Waals surface area contributed by atoms with Gasteiger partial charge in [0.05, 0.1) is 17.2 Å². The van der Waals surface area contributed by atoms with Gasteiger partial charge in [-0.3, -0.25) is 9.36 Å². The van der Waals surface area contributed by atoms with Crippen molar-refractivity contribution in [2.45, 2.75) is 25.5 Å². The first-order chi connectivity index (χ1) is 16.6. The van der Waals surface area contributed by atoms with Crippen LogP contribution in [0, 0.1) is 13.8 Å². The molecule has 0 aliphatic rings. The summed E-state index contributed by atoms with van der Waals surface area (Å²) in [6.07, 6.45) is 0. The number of nitrogens with zero attached hydrogens (tertiary/aromatic N) is 4. The van der Waals surface area contributed by atoms with Crippen LogP contribution in [-0.4, -0.2) is 30.9 Å². The summed E-state index contributed by atoms with van der Waals surface area (Å²) in [6, 6.07) is 26.4. The lowest BCUT2D eigenvalue weighted by Gasteiger charge is -2.10. The fraction of sp³-hybridized carbons (Fsp3) is 0.148. The molecular formula is C27H24N4OS2. The van der Waals surface area contributed by atoms with Gasteiger partial charge < -0.3 is 4.57 Å². The van der Waals surface area contributed by atoms with Gasteiger partial charge in [0, 0.05) is 22.6 Å². The maximum atomic E-state index is 13.3. The largest absolute Gasteiger partial charge is 0.318 e. The van der Waals surface area contributed by atoms with Gasteiger partial charge in [0.2, 0.25) is 0 Å².